The highest BCUT2D eigenvalue weighted by Crippen LogP contribution is 2.27. The summed E-state index contributed by atoms with van der Waals surface area (Å²) in [5, 5.41) is 9.41. The fourth-order valence-electron chi connectivity index (χ4n) is 4.13. The van der Waals surface area contributed by atoms with Gasteiger partial charge in [0.25, 0.3) is 10.0 Å². The number of aromatic hydroxyl groups is 1. The lowest BCUT2D eigenvalue weighted by molar-refractivity contribution is 0.294. The third kappa shape index (κ3) is 14.0. The van der Waals surface area contributed by atoms with Gasteiger partial charge in [-0.1, -0.05) is 25.8 Å². The van der Waals surface area contributed by atoms with Crippen molar-refractivity contribution in [2.24, 2.45) is 0 Å². The van der Waals surface area contributed by atoms with Crippen LogP contribution in [0.3, 0.4) is 0 Å². The summed E-state index contributed by atoms with van der Waals surface area (Å²) in [7, 11) is -12.2. The standard InChI is InChI=1S/C22H49FO6Si6/c1-12-13-17-31(2,3)25-30-26-33(6,7)28-35(10,11)29-34(8,9)27-32(4,5)18-16-20-14-15-22(24)21(23)19-20/h14-15,19,24H,12-13,16-18,30H2,1-11H3. The largest absolute Gasteiger partial charge is 0.505 e. The number of rotatable bonds is 16. The smallest absolute Gasteiger partial charge is 0.314 e. The molecule has 1 N–H and O–H groups in total. The lowest BCUT2D eigenvalue weighted by atomic mass is 10.1. The van der Waals surface area contributed by atoms with E-state index < -0.39 is 58.1 Å². The number of halogens is 1. The van der Waals surface area contributed by atoms with Crippen LogP contribution in [-0.2, 0) is 27.0 Å². The van der Waals surface area contributed by atoms with E-state index in [9.17, 15) is 9.50 Å². The number of benzene rings is 1. The van der Waals surface area contributed by atoms with E-state index in [4.69, 9.17) is 20.6 Å². The molecule has 204 valence electrons. The van der Waals surface area contributed by atoms with Crippen LogP contribution in [0.25, 0.3) is 0 Å². The van der Waals surface area contributed by atoms with E-state index in [0.717, 1.165) is 11.6 Å². The minimum atomic E-state index is -2.50. The molecule has 0 spiro atoms. The number of phenols is 1. The van der Waals surface area contributed by atoms with Crippen molar-refractivity contribution < 1.29 is 30.1 Å². The predicted molar refractivity (Wildman–Crippen MR) is 158 cm³/mol. The van der Waals surface area contributed by atoms with Crippen molar-refractivity contribution in [3.63, 3.8) is 0 Å². The van der Waals surface area contributed by atoms with Crippen LogP contribution >= 0.6 is 0 Å². The lowest BCUT2D eigenvalue weighted by Crippen LogP contribution is -2.57. The number of phenolic OH excluding ortho intramolecular Hbond substituents is 1. The van der Waals surface area contributed by atoms with Gasteiger partial charge in [-0.15, -0.1) is 0 Å². The Labute approximate surface area is 221 Å². The summed E-state index contributed by atoms with van der Waals surface area (Å²) in [5.41, 5.74) is 0.861. The van der Waals surface area contributed by atoms with Gasteiger partial charge < -0.3 is 25.7 Å². The molecule has 0 aromatic heterocycles. The van der Waals surface area contributed by atoms with Gasteiger partial charge in [0.1, 0.15) is 0 Å². The van der Waals surface area contributed by atoms with Crippen molar-refractivity contribution in [1.29, 1.82) is 0 Å². The molecule has 0 fully saturated rings. The van der Waals surface area contributed by atoms with Gasteiger partial charge in [-0.3, -0.25) is 0 Å². The van der Waals surface area contributed by atoms with Gasteiger partial charge in [0.15, 0.2) is 28.2 Å². The Kier molecular flexibility index (Phi) is 12.5. The first kappa shape index (κ1) is 33.1. The minimum Gasteiger partial charge on any atom is -0.505 e. The molecule has 1 aromatic rings. The quantitative estimate of drug-likeness (QED) is 0.221. The monoisotopic (exact) mass is 596 g/mol. The molecule has 0 radical (unpaired) electrons. The lowest BCUT2D eigenvalue weighted by Gasteiger charge is -2.41. The SMILES string of the molecule is CCCC[Si](C)(C)O[SiH2]O[Si](C)(C)O[Si](C)(C)O[Si](C)(C)O[Si](C)(C)CCc1ccc(O)c(F)c1. The van der Waals surface area contributed by atoms with E-state index in [2.05, 4.69) is 72.4 Å². The van der Waals surface area contributed by atoms with Crippen LogP contribution < -0.4 is 0 Å². The van der Waals surface area contributed by atoms with E-state index in [1.807, 2.05) is 0 Å². The Morgan fingerprint density at radius 1 is 0.771 bits per heavy atom. The predicted octanol–water partition coefficient (Wildman–Crippen LogP) is 6.47. The second kappa shape index (κ2) is 13.2. The molecular weight excluding hydrogens is 548 g/mol. The molecule has 0 aliphatic carbocycles. The molecule has 0 saturated heterocycles. The summed E-state index contributed by atoms with van der Waals surface area (Å²) in [5.74, 6) is -0.900. The molecule has 0 bridgehead atoms. The molecule has 1 aromatic carbocycles. The molecule has 13 heteroatoms. The third-order valence-corrected chi connectivity index (χ3v) is 27.4. The van der Waals surface area contributed by atoms with Crippen molar-refractivity contribution in [2.75, 3.05) is 0 Å². The zero-order valence-electron chi connectivity index (χ0n) is 23.8. The average molecular weight is 597 g/mol. The zero-order valence-corrected chi connectivity index (χ0v) is 30.3. The summed E-state index contributed by atoms with van der Waals surface area (Å²) in [6.07, 6.45) is 3.11. The summed E-state index contributed by atoms with van der Waals surface area (Å²) in [4.78, 5) is 0. The number of aryl methyl sites for hydroxylation is 1. The molecule has 35 heavy (non-hydrogen) atoms. The van der Waals surface area contributed by atoms with E-state index in [1.165, 1.54) is 31.0 Å². The van der Waals surface area contributed by atoms with Crippen molar-refractivity contribution >= 4 is 52.3 Å². The fraction of sp³-hybridized carbons (Fsp3) is 0.727. The maximum absolute atomic E-state index is 13.7. The highest BCUT2D eigenvalue weighted by Gasteiger charge is 2.44. The van der Waals surface area contributed by atoms with Crippen molar-refractivity contribution in [1.82, 2.24) is 0 Å². The maximum atomic E-state index is 13.7. The Bertz CT molecular complexity index is 807. The van der Waals surface area contributed by atoms with E-state index >= 15 is 0 Å². The van der Waals surface area contributed by atoms with Crippen LogP contribution in [0, 0.1) is 5.82 Å². The third-order valence-electron chi connectivity index (χ3n) is 5.52. The first-order valence-corrected chi connectivity index (χ1v) is 28.5. The normalized spacial score (nSPS) is 14.3. The molecule has 0 amide bonds. The van der Waals surface area contributed by atoms with Crippen LogP contribution in [0.4, 0.5) is 4.39 Å². The molecule has 0 aliphatic heterocycles. The Morgan fingerprint density at radius 3 is 1.91 bits per heavy atom. The Hall–Kier alpha value is 0.0513. The Morgan fingerprint density at radius 2 is 1.34 bits per heavy atom. The molecule has 0 atom stereocenters. The average Bonchev–Trinajstić information content (AvgIpc) is 2.64. The van der Waals surface area contributed by atoms with Gasteiger partial charge in [0.05, 0.1) is 0 Å². The molecule has 0 aliphatic rings. The highest BCUT2D eigenvalue weighted by molar-refractivity contribution is 6.89. The van der Waals surface area contributed by atoms with Gasteiger partial charge in [0, 0.05) is 0 Å². The first-order valence-electron chi connectivity index (χ1n) is 12.6. The van der Waals surface area contributed by atoms with Gasteiger partial charge in [0.2, 0.25) is 0 Å². The summed E-state index contributed by atoms with van der Waals surface area (Å²) < 4.78 is 46.0. The van der Waals surface area contributed by atoms with Crippen LogP contribution in [0.1, 0.15) is 25.3 Å². The summed E-state index contributed by atoms with van der Waals surface area (Å²) >= 11 is 0. The second-order valence-electron chi connectivity index (χ2n) is 11.8. The second-order valence-corrected chi connectivity index (χ2v) is 33.3. The van der Waals surface area contributed by atoms with E-state index in [1.54, 1.807) is 6.07 Å². The zero-order chi connectivity index (χ0) is 27.1. The number of hydrogen-bond donors (Lipinski definition) is 1. The Balaban J connectivity index is 2.63. The van der Waals surface area contributed by atoms with Gasteiger partial charge in [-0.2, -0.15) is 0 Å². The van der Waals surface area contributed by atoms with Gasteiger partial charge >= 0.3 is 25.7 Å². The van der Waals surface area contributed by atoms with Crippen molar-refractivity contribution in [2.45, 2.75) is 104 Å². The summed E-state index contributed by atoms with van der Waals surface area (Å²) in [6, 6.07) is 6.58. The molecule has 0 unspecified atom stereocenters. The number of hydrogen-bond acceptors (Lipinski definition) is 6. The molecular formula is C22H49FO6Si6. The van der Waals surface area contributed by atoms with Crippen LogP contribution in [0.15, 0.2) is 18.2 Å². The first-order chi connectivity index (χ1) is 15.8. The van der Waals surface area contributed by atoms with Crippen LogP contribution in [0.5, 0.6) is 5.75 Å². The van der Waals surface area contributed by atoms with Crippen molar-refractivity contribution in [3.8, 4) is 5.75 Å². The van der Waals surface area contributed by atoms with Crippen LogP contribution in [-0.4, -0.2) is 57.4 Å². The topological polar surface area (TPSA) is 66.4 Å². The van der Waals surface area contributed by atoms with E-state index in [0.29, 0.717) is 6.42 Å². The summed E-state index contributed by atoms with van der Waals surface area (Å²) in [6.45, 7) is 23.5. The number of unbranched alkanes of at least 4 members (excludes halogenated alkanes) is 1. The van der Waals surface area contributed by atoms with Crippen LogP contribution in [0.2, 0.25) is 77.6 Å². The highest BCUT2D eigenvalue weighted by atomic mass is 28.5. The maximum Gasteiger partial charge on any atom is 0.314 e. The van der Waals surface area contributed by atoms with Crippen molar-refractivity contribution in [3.05, 3.63) is 29.6 Å². The molecule has 1 rings (SSSR count). The molecule has 0 heterocycles. The molecule has 0 saturated carbocycles. The fourth-order valence-corrected chi connectivity index (χ4v) is 27.0. The van der Waals surface area contributed by atoms with Gasteiger partial charge in [-0.25, -0.2) is 4.39 Å². The van der Waals surface area contributed by atoms with E-state index in [-0.39, 0.29) is 5.75 Å². The molecule has 6 nitrogen and oxygen atoms in total. The minimum absolute atomic E-state index is 0.317. The van der Waals surface area contributed by atoms with Gasteiger partial charge in [-0.05, 0) is 102 Å².